The molecule has 0 saturated heterocycles. The number of nitrogens with one attached hydrogen (secondary N) is 4. The van der Waals surface area contributed by atoms with Gasteiger partial charge < -0.3 is 31.4 Å². The summed E-state index contributed by atoms with van der Waals surface area (Å²) in [6.45, 7) is 1.50. The van der Waals surface area contributed by atoms with E-state index in [4.69, 9.17) is 5.73 Å². The van der Waals surface area contributed by atoms with Crippen molar-refractivity contribution >= 4 is 39.6 Å². The standard InChI is InChI=1S/C25H27N5O4/c1-14(29-24(32)19(26)10-15-12-27-20-8-4-2-6-17(15)20)23(31)30-22(25(33)34)11-16-13-28-21-9-5-3-7-18(16)21/h2-9,12-14,19,22,27-28H,10-11,26H2,1H3,(H,29,32)(H,30,31)(H,33,34)/t14-,19?,22-/m0/s1. The second kappa shape index (κ2) is 9.80. The van der Waals surface area contributed by atoms with Crippen LogP contribution in [-0.2, 0) is 27.2 Å². The number of carbonyl (C=O) groups excluding carboxylic acids is 2. The van der Waals surface area contributed by atoms with Gasteiger partial charge in [0.25, 0.3) is 0 Å². The Labute approximate surface area is 195 Å². The largest absolute Gasteiger partial charge is 0.480 e. The molecule has 9 nitrogen and oxygen atoms in total. The minimum absolute atomic E-state index is 0.103. The molecule has 0 radical (unpaired) electrons. The molecule has 2 heterocycles. The van der Waals surface area contributed by atoms with Gasteiger partial charge in [-0.2, -0.15) is 0 Å². The second-order valence-electron chi connectivity index (χ2n) is 8.36. The van der Waals surface area contributed by atoms with Crippen LogP contribution in [0.25, 0.3) is 21.8 Å². The van der Waals surface area contributed by atoms with Gasteiger partial charge in [-0.25, -0.2) is 4.79 Å². The molecular formula is C25H27N5O4. The maximum atomic E-state index is 12.7. The van der Waals surface area contributed by atoms with Gasteiger partial charge in [0.15, 0.2) is 0 Å². The Bertz CT molecular complexity index is 1340. The molecule has 3 atom stereocenters. The van der Waals surface area contributed by atoms with Crippen LogP contribution in [0, 0.1) is 0 Å². The third-order valence-electron chi connectivity index (χ3n) is 5.92. The molecule has 0 fully saturated rings. The van der Waals surface area contributed by atoms with Crippen LogP contribution in [-0.4, -0.2) is 51.0 Å². The number of benzene rings is 2. The fraction of sp³-hybridized carbons (Fsp3) is 0.240. The molecule has 0 aliphatic carbocycles. The quantitative estimate of drug-likeness (QED) is 0.225. The Morgan fingerprint density at radius 1 is 0.853 bits per heavy atom. The first-order chi connectivity index (χ1) is 16.3. The second-order valence-corrected chi connectivity index (χ2v) is 8.36. The molecule has 2 aromatic heterocycles. The number of aliphatic carboxylic acids is 1. The van der Waals surface area contributed by atoms with Crippen LogP contribution in [0.1, 0.15) is 18.1 Å². The van der Waals surface area contributed by atoms with Crippen molar-refractivity contribution in [3.05, 3.63) is 72.1 Å². The highest BCUT2D eigenvalue weighted by atomic mass is 16.4. The fourth-order valence-electron chi connectivity index (χ4n) is 4.03. The summed E-state index contributed by atoms with van der Waals surface area (Å²) in [6, 6.07) is 12.3. The molecule has 1 unspecified atom stereocenters. The number of para-hydroxylation sites is 2. The number of carbonyl (C=O) groups is 3. The van der Waals surface area contributed by atoms with Crippen molar-refractivity contribution in [3.8, 4) is 0 Å². The molecule has 2 aromatic carbocycles. The number of fused-ring (bicyclic) bond motifs is 2. The van der Waals surface area contributed by atoms with E-state index in [-0.39, 0.29) is 6.42 Å². The lowest BCUT2D eigenvalue weighted by Crippen LogP contribution is -2.54. The zero-order valence-corrected chi connectivity index (χ0v) is 18.7. The van der Waals surface area contributed by atoms with Gasteiger partial charge in [-0.3, -0.25) is 9.59 Å². The predicted octanol–water partition coefficient (Wildman–Crippen LogP) is 1.84. The molecule has 4 aromatic rings. The number of carboxylic acids is 1. The monoisotopic (exact) mass is 461 g/mol. The van der Waals surface area contributed by atoms with Gasteiger partial charge in [-0.15, -0.1) is 0 Å². The molecular weight excluding hydrogens is 434 g/mol. The van der Waals surface area contributed by atoms with Crippen LogP contribution in [0.5, 0.6) is 0 Å². The third-order valence-corrected chi connectivity index (χ3v) is 5.92. The van der Waals surface area contributed by atoms with Crippen molar-refractivity contribution in [2.75, 3.05) is 0 Å². The zero-order chi connectivity index (χ0) is 24.2. The van der Waals surface area contributed by atoms with Gasteiger partial charge in [0, 0.05) is 40.6 Å². The van der Waals surface area contributed by atoms with Gasteiger partial charge in [0.05, 0.1) is 6.04 Å². The minimum atomic E-state index is -1.16. The molecule has 9 heteroatoms. The molecule has 0 aliphatic rings. The molecule has 7 N–H and O–H groups in total. The zero-order valence-electron chi connectivity index (χ0n) is 18.7. The summed E-state index contributed by atoms with van der Waals surface area (Å²) in [5.41, 5.74) is 9.61. The first-order valence-electron chi connectivity index (χ1n) is 11.0. The van der Waals surface area contributed by atoms with Crippen molar-refractivity contribution < 1.29 is 19.5 Å². The van der Waals surface area contributed by atoms with Gasteiger partial charge in [0.1, 0.15) is 12.1 Å². The average molecular weight is 462 g/mol. The van der Waals surface area contributed by atoms with E-state index in [2.05, 4.69) is 20.6 Å². The van der Waals surface area contributed by atoms with E-state index in [0.717, 1.165) is 32.9 Å². The normalized spacial score (nSPS) is 13.9. The van der Waals surface area contributed by atoms with Crippen LogP contribution < -0.4 is 16.4 Å². The number of carboxylic acid groups (broad SMARTS) is 1. The Balaban J connectivity index is 1.35. The van der Waals surface area contributed by atoms with Gasteiger partial charge in [0.2, 0.25) is 11.8 Å². The van der Waals surface area contributed by atoms with Gasteiger partial charge in [-0.1, -0.05) is 36.4 Å². The van der Waals surface area contributed by atoms with Crippen molar-refractivity contribution in [3.63, 3.8) is 0 Å². The van der Waals surface area contributed by atoms with Crippen LogP contribution in [0.15, 0.2) is 60.9 Å². The Morgan fingerprint density at radius 3 is 1.94 bits per heavy atom. The number of rotatable bonds is 9. The summed E-state index contributed by atoms with van der Waals surface area (Å²) in [5.74, 6) is -2.25. The Kier molecular flexibility index (Phi) is 6.65. The summed E-state index contributed by atoms with van der Waals surface area (Å²) >= 11 is 0. The van der Waals surface area contributed by atoms with Crippen LogP contribution in [0.2, 0.25) is 0 Å². The summed E-state index contributed by atoms with van der Waals surface area (Å²) in [6.07, 6.45) is 3.95. The number of hydrogen-bond acceptors (Lipinski definition) is 4. The number of nitrogens with two attached hydrogens (primary N) is 1. The Hall–Kier alpha value is -4.11. The fourth-order valence-corrected chi connectivity index (χ4v) is 4.03. The van der Waals surface area contributed by atoms with E-state index in [1.165, 1.54) is 6.92 Å². The molecule has 0 saturated carbocycles. The molecule has 34 heavy (non-hydrogen) atoms. The number of H-pyrrole nitrogens is 2. The molecule has 0 bridgehead atoms. The molecule has 2 amide bonds. The topological polar surface area (TPSA) is 153 Å². The highest BCUT2D eigenvalue weighted by Gasteiger charge is 2.26. The maximum absolute atomic E-state index is 12.7. The lowest BCUT2D eigenvalue weighted by molar-refractivity contribution is -0.142. The van der Waals surface area contributed by atoms with Gasteiger partial charge in [-0.05, 0) is 36.6 Å². The van der Waals surface area contributed by atoms with Crippen molar-refractivity contribution in [2.24, 2.45) is 5.73 Å². The summed E-state index contributed by atoms with van der Waals surface area (Å²) < 4.78 is 0. The summed E-state index contributed by atoms with van der Waals surface area (Å²) in [5, 5.41) is 16.6. The number of hydrogen-bond donors (Lipinski definition) is 6. The lowest BCUT2D eigenvalue weighted by Gasteiger charge is -2.20. The smallest absolute Gasteiger partial charge is 0.326 e. The van der Waals surface area contributed by atoms with Crippen LogP contribution in [0.3, 0.4) is 0 Å². The van der Waals surface area contributed by atoms with Gasteiger partial charge >= 0.3 is 5.97 Å². The highest BCUT2D eigenvalue weighted by Crippen LogP contribution is 2.20. The van der Waals surface area contributed by atoms with E-state index >= 15 is 0 Å². The van der Waals surface area contributed by atoms with E-state index in [1.54, 1.807) is 6.20 Å². The molecule has 4 rings (SSSR count). The van der Waals surface area contributed by atoms with Crippen LogP contribution >= 0.6 is 0 Å². The van der Waals surface area contributed by atoms with Crippen molar-refractivity contribution in [1.82, 2.24) is 20.6 Å². The predicted molar refractivity (Wildman–Crippen MR) is 129 cm³/mol. The number of aromatic amines is 2. The van der Waals surface area contributed by atoms with Crippen LogP contribution in [0.4, 0.5) is 0 Å². The maximum Gasteiger partial charge on any atom is 0.326 e. The number of aromatic nitrogens is 2. The lowest BCUT2D eigenvalue weighted by atomic mass is 10.0. The first-order valence-corrected chi connectivity index (χ1v) is 11.0. The highest BCUT2D eigenvalue weighted by molar-refractivity contribution is 5.92. The Morgan fingerprint density at radius 2 is 1.38 bits per heavy atom. The molecule has 0 aliphatic heterocycles. The van der Waals surface area contributed by atoms with E-state index in [9.17, 15) is 19.5 Å². The van der Waals surface area contributed by atoms with Crippen molar-refractivity contribution in [2.45, 2.75) is 37.9 Å². The third kappa shape index (κ3) is 4.94. The first kappa shape index (κ1) is 23.1. The minimum Gasteiger partial charge on any atom is -0.480 e. The molecule has 0 spiro atoms. The van der Waals surface area contributed by atoms with E-state index < -0.39 is 35.9 Å². The molecule has 176 valence electrons. The van der Waals surface area contributed by atoms with Crippen molar-refractivity contribution in [1.29, 1.82) is 0 Å². The summed E-state index contributed by atoms with van der Waals surface area (Å²) in [7, 11) is 0. The SMILES string of the molecule is C[C@H](NC(=O)C(N)Cc1c[nH]c2ccccc12)C(=O)N[C@@H](Cc1c[nH]c2ccccc12)C(=O)O. The summed E-state index contributed by atoms with van der Waals surface area (Å²) in [4.78, 5) is 43.3. The number of amides is 2. The van der Waals surface area contributed by atoms with E-state index in [1.807, 2.05) is 54.7 Å². The van der Waals surface area contributed by atoms with E-state index in [0.29, 0.717) is 6.42 Å². The average Bonchev–Trinajstić information content (AvgIpc) is 3.42.